The monoisotopic (exact) mass is 488 g/mol. The maximum Gasteiger partial charge on any atom is 0.269 e. The van der Waals surface area contributed by atoms with Crippen LogP contribution in [0.15, 0.2) is 47.6 Å². The molecule has 1 aromatic heterocycles. The van der Waals surface area contributed by atoms with E-state index < -0.39 is 4.92 Å². The number of aryl methyl sites for hydroxylation is 1. The lowest BCUT2D eigenvalue weighted by Gasteiger charge is -2.09. The van der Waals surface area contributed by atoms with Gasteiger partial charge >= 0.3 is 0 Å². The zero-order valence-electron chi connectivity index (χ0n) is 17.9. The molecule has 172 valence electrons. The van der Waals surface area contributed by atoms with Crippen molar-refractivity contribution in [1.29, 1.82) is 0 Å². The van der Waals surface area contributed by atoms with Crippen LogP contribution in [-0.2, 0) is 22.6 Å². The lowest BCUT2D eigenvalue weighted by molar-refractivity contribution is -0.384. The second kappa shape index (κ2) is 10.9. The first-order chi connectivity index (χ1) is 15.8. The van der Waals surface area contributed by atoms with E-state index in [4.69, 9.17) is 11.6 Å². The number of nitrogens with zero attached hydrogens (tertiary/aromatic N) is 4. The first-order valence-electron chi connectivity index (χ1n) is 9.92. The molecule has 0 aliphatic rings. The van der Waals surface area contributed by atoms with E-state index >= 15 is 0 Å². The Morgan fingerprint density at radius 2 is 1.85 bits per heavy atom. The maximum absolute atomic E-state index is 12.4. The summed E-state index contributed by atoms with van der Waals surface area (Å²) in [5, 5.41) is 25.7. The number of aromatic nitrogens is 3. The Kier molecular flexibility index (Phi) is 8.01. The van der Waals surface area contributed by atoms with Gasteiger partial charge in [0.15, 0.2) is 5.16 Å². The highest BCUT2D eigenvalue weighted by Gasteiger charge is 2.17. The van der Waals surface area contributed by atoms with Gasteiger partial charge in [-0.3, -0.25) is 19.7 Å². The average molecular weight is 489 g/mol. The number of carbonyl (C=O) groups is 2. The van der Waals surface area contributed by atoms with Gasteiger partial charge in [-0.2, -0.15) is 0 Å². The molecule has 0 saturated carbocycles. The largest absolute Gasteiger partial charge is 0.326 e. The van der Waals surface area contributed by atoms with E-state index in [-0.39, 0.29) is 29.7 Å². The minimum absolute atomic E-state index is 0.0260. The van der Waals surface area contributed by atoms with Crippen LogP contribution in [0.25, 0.3) is 0 Å². The minimum Gasteiger partial charge on any atom is -0.326 e. The van der Waals surface area contributed by atoms with Crippen molar-refractivity contribution in [2.24, 2.45) is 0 Å². The molecule has 0 aliphatic heterocycles. The number of carbonyl (C=O) groups excluding carboxylic acids is 2. The molecule has 10 nitrogen and oxygen atoms in total. The van der Waals surface area contributed by atoms with E-state index in [1.807, 2.05) is 6.92 Å². The molecule has 0 unspecified atom stereocenters. The molecule has 2 N–H and O–H groups in total. The number of nitro groups is 1. The van der Waals surface area contributed by atoms with Gasteiger partial charge in [0.25, 0.3) is 5.69 Å². The molecular weight excluding hydrogens is 468 g/mol. The summed E-state index contributed by atoms with van der Waals surface area (Å²) in [6, 6.07) is 11.0. The van der Waals surface area contributed by atoms with Crippen LogP contribution < -0.4 is 10.6 Å². The lowest BCUT2D eigenvalue weighted by atomic mass is 10.2. The SMILES string of the molecule is CCn1c(CC(=O)Nc2ccc(Cl)cc2)nnc1SCC(=O)Nc1ccc([N+](=O)[O-])cc1C. The normalized spacial score (nSPS) is 10.6. The molecule has 1 heterocycles. The van der Waals surface area contributed by atoms with Crippen molar-refractivity contribution in [2.45, 2.75) is 32.0 Å². The average Bonchev–Trinajstić information content (AvgIpc) is 3.16. The molecule has 0 fully saturated rings. The van der Waals surface area contributed by atoms with Crippen LogP contribution in [0.3, 0.4) is 0 Å². The molecule has 2 amide bonds. The summed E-state index contributed by atoms with van der Waals surface area (Å²) in [4.78, 5) is 35.1. The van der Waals surface area contributed by atoms with Gasteiger partial charge in [-0.25, -0.2) is 0 Å². The summed E-state index contributed by atoms with van der Waals surface area (Å²) in [6.45, 7) is 4.11. The Hall–Kier alpha value is -3.44. The number of rotatable bonds is 9. The molecule has 0 bridgehead atoms. The molecular formula is C21H21ClN6O4S. The van der Waals surface area contributed by atoms with Crippen molar-refractivity contribution in [2.75, 3.05) is 16.4 Å². The van der Waals surface area contributed by atoms with Gasteiger partial charge in [0.2, 0.25) is 11.8 Å². The molecule has 0 saturated heterocycles. The summed E-state index contributed by atoms with van der Waals surface area (Å²) >= 11 is 7.04. The molecule has 0 spiro atoms. The number of thioether (sulfide) groups is 1. The summed E-state index contributed by atoms with van der Waals surface area (Å²) in [5.41, 5.74) is 1.68. The predicted octanol–water partition coefficient (Wildman–Crippen LogP) is 4.08. The number of nitro benzene ring substituents is 1. The first-order valence-corrected chi connectivity index (χ1v) is 11.3. The van der Waals surface area contributed by atoms with E-state index in [0.717, 1.165) is 0 Å². The third-order valence-electron chi connectivity index (χ3n) is 4.58. The van der Waals surface area contributed by atoms with Crippen LogP contribution in [0.1, 0.15) is 18.3 Å². The van der Waals surface area contributed by atoms with Crippen molar-refractivity contribution in [3.8, 4) is 0 Å². The topological polar surface area (TPSA) is 132 Å². The van der Waals surface area contributed by atoms with Gasteiger partial charge in [-0.1, -0.05) is 23.4 Å². The van der Waals surface area contributed by atoms with Crippen LogP contribution in [0.2, 0.25) is 5.02 Å². The van der Waals surface area contributed by atoms with Crippen LogP contribution in [0.4, 0.5) is 17.1 Å². The number of anilines is 2. The van der Waals surface area contributed by atoms with Crippen molar-refractivity contribution >= 4 is 52.2 Å². The minimum atomic E-state index is -0.487. The molecule has 3 aromatic rings. The van der Waals surface area contributed by atoms with Gasteiger partial charge in [-0.15, -0.1) is 10.2 Å². The molecule has 0 aliphatic carbocycles. The summed E-state index contributed by atoms with van der Waals surface area (Å²) in [6.07, 6.45) is 0.0260. The van der Waals surface area contributed by atoms with Gasteiger partial charge in [0.05, 0.1) is 17.1 Å². The van der Waals surface area contributed by atoms with Crippen LogP contribution >= 0.6 is 23.4 Å². The van der Waals surface area contributed by atoms with Crippen molar-refractivity contribution in [3.63, 3.8) is 0 Å². The Bertz CT molecular complexity index is 1180. The van der Waals surface area contributed by atoms with Crippen molar-refractivity contribution in [3.05, 3.63) is 69.0 Å². The number of benzene rings is 2. The second-order valence-corrected chi connectivity index (χ2v) is 8.35. The van der Waals surface area contributed by atoms with Gasteiger partial charge in [-0.05, 0) is 49.7 Å². The second-order valence-electron chi connectivity index (χ2n) is 6.97. The summed E-state index contributed by atoms with van der Waals surface area (Å²) < 4.78 is 1.77. The van der Waals surface area contributed by atoms with Gasteiger partial charge in [0, 0.05) is 35.1 Å². The van der Waals surface area contributed by atoms with Crippen molar-refractivity contribution < 1.29 is 14.5 Å². The Labute approximate surface area is 198 Å². The van der Waals surface area contributed by atoms with E-state index in [1.165, 1.54) is 30.0 Å². The van der Waals surface area contributed by atoms with Crippen molar-refractivity contribution in [1.82, 2.24) is 14.8 Å². The zero-order chi connectivity index (χ0) is 24.0. The smallest absolute Gasteiger partial charge is 0.269 e. The third-order valence-corrected chi connectivity index (χ3v) is 5.80. The van der Waals surface area contributed by atoms with Crippen LogP contribution in [0, 0.1) is 17.0 Å². The van der Waals surface area contributed by atoms with Crippen LogP contribution in [0.5, 0.6) is 0 Å². The summed E-state index contributed by atoms with van der Waals surface area (Å²) in [7, 11) is 0. The zero-order valence-corrected chi connectivity index (χ0v) is 19.4. The highest BCUT2D eigenvalue weighted by Crippen LogP contribution is 2.23. The standard InChI is InChI=1S/C21H21ClN6O4S/c1-3-27-18(11-19(29)23-15-6-4-14(22)5-7-15)25-26-21(27)33-12-20(30)24-17-9-8-16(28(31)32)10-13(17)2/h4-10H,3,11-12H2,1-2H3,(H,23,29)(H,24,30). The fourth-order valence-corrected chi connectivity index (χ4v) is 3.92. The Morgan fingerprint density at radius 1 is 1.12 bits per heavy atom. The Morgan fingerprint density at radius 3 is 2.48 bits per heavy atom. The number of halogens is 1. The van der Waals surface area contributed by atoms with Gasteiger partial charge < -0.3 is 15.2 Å². The van der Waals surface area contributed by atoms with Gasteiger partial charge in [0.1, 0.15) is 5.82 Å². The fraction of sp³-hybridized carbons (Fsp3) is 0.238. The molecule has 2 aromatic carbocycles. The molecule has 3 rings (SSSR count). The first kappa shape index (κ1) is 24.2. The summed E-state index contributed by atoms with van der Waals surface area (Å²) in [5.74, 6) is 0.0102. The highest BCUT2D eigenvalue weighted by atomic mass is 35.5. The quantitative estimate of drug-likeness (QED) is 0.263. The lowest BCUT2D eigenvalue weighted by Crippen LogP contribution is -2.18. The van der Waals surface area contributed by atoms with E-state index in [1.54, 1.807) is 35.8 Å². The molecule has 0 radical (unpaired) electrons. The number of hydrogen-bond acceptors (Lipinski definition) is 7. The van der Waals surface area contributed by atoms with E-state index in [2.05, 4.69) is 20.8 Å². The fourth-order valence-electron chi connectivity index (χ4n) is 2.97. The number of nitrogens with one attached hydrogen (secondary N) is 2. The number of amides is 2. The number of hydrogen-bond donors (Lipinski definition) is 2. The molecule has 33 heavy (non-hydrogen) atoms. The molecule has 0 atom stereocenters. The maximum atomic E-state index is 12.4. The Balaban J connectivity index is 1.58. The predicted molar refractivity (Wildman–Crippen MR) is 127 cm³/mol. The molecule has 12 heteroatoms. The van der Waals surface area contributed by atoms with Crippen LogP contribution in [-0.4, -0.2) is 37.3 Å². The highest BCUT2D eigenvalue weighted by molar-refractivity contribution is 7.99. The number of non-ortho nitro benzene ring substituents is 1. The third kappa shape index (κ3) is 6.53. The van der Waals surface area contributed by atoms with E-state index in [9.17, 15) is 19.7 Å². The van der Waals surface area contributed by atoms with E-state index in [0.29, 0.717) is 39.5 Å².